The fourth-order valence-electron chi connectivity index (χ4n) is 2.50. The second-order valence-electron chi connectivity index (χ2n) is 5.67. The van der Waals surface area contributed by atoms with Gasteiger partial charge in [-0.2, -0.15) is 0 Å². The first-order valence-electron chi connectivity index (χ1n) is 7.05. The largest absolute Gasteiger partial charge is 0.370 e. The molecular weight excluding hydrogens is 266 g/mol. The zero-order valence-electron chi connectivity index (χ0n) is 11.7. The summed E-state index contributed by atoms with van der Waals surface area (Å²) < 4.78 is 0. The van der Waals surface area contributed by atoms with Crippen molar-refractivity contribution in [2.45, 2.75) is 19.3 Å². The minimum atomic E-state index is -0.436. The molecule has 1 saturated carbocycles. The number of nitrogens with zero attached hydrogens (tertiary/aromatic N) is 2. The van der Waals surface area contributed by atoms with Crippen molar-refractivity contribution in [1.82, 2.24) is 4.98 Å². The minimum Gasteiger partial charge on any atom is -0.370 e. The smallest absolute Gasteiger partial charge is 0.287 e. The summed E-state index contributed by atoms with van der Waals surface area (Å²) in [4.78, 5) is 14.2. The van der Waals surface area contributed by atoms with Crippen LogP contribution >= 0.6 is 0 Å². The quantitative estimate of drug-likeness (QED) is 0.651. The summed E-state index contributed by atoms with van der Waals surface area (Å²) in [5.74, 6) is 0.694. The van der Waals surface area contributed by atoms with E-state index in [0.717, 1.165) is 13.0 Å². The van der Waals surface area contributed by atoms with Crippen molar-refractivity contribution < 1.29 is 4.92 Å². The number of hydrogen-bond donors (Lipinski definition) is 1. The molecule has 0 aliphatic heterocycles. The third kappa shape index (κ3) is 3.37. The van der Waals surface area contributed by atoms with Crippen LogP contribution in [0.2, 0.25) is 0 Å². The van der Waals surface area contributed by atoms with Gasteiger partial charge in [0.2, 0.25) is 0 Å². The third-order valence-electron chi connectivity index (χ3n) is 3.98. The maximum Gasteiger partial charge on any atom is 0.287 e. The van der Waals surface area contributed by atoms with Gasteiger partial charge in [-0.15, -0.1) is 0 Å². The lowest BCUT2D eigenvalue weighted by atomic mass is 9.96. The molecule has 108 valence electrons. The SMILES string of the molecule is O=[N+]([O-])c1ccc(NCC2(Cc3ccccc3)CC2)nc1. The van der Waals surface area contributed by atoms with Crippen molar-refractivity contribution in [1.29, 1.82) is 0 Å². The number of benzene rings is 1. The lowest BCUT2D eigenvalue weighted by Crippen LogP contribution is -2.18. The Labute approximate surface area is 123 Å². The summed E-state index contributed by atoms with van der Waals surface area (Å²) >= 11 is 0. The Morgan fingerprint density at radius 3 is 2.52 bits per heavy atom. The molecule has 0 saturated heterocycles. The normalized spacial score (nSPS) is 15.4. The number of rotatable bonds is 6. The zero-order chi connectivity index (χ0) is 14.7. The van der Waals surface area contributed by atoms with Gasteiger partial charge < -0.3 is 5.32 Å². The second-order valence-corrected chi connectivity index (χ2v) is 5.67. The Kier molecular flexibility index (Phi) is 3.56. The molecule has 1 aliphatic rings. The van der Waals surface area contributed by atoms with Crippen LogP contribution in [0.5, 0.6) is 0 Å². The molecule has 1 aromatic carbocycles. The van der Waals surface area contributed by atoms with Crippen LogP contribution < -0.4 is 5.32 Å². The highest BCUT2D eigenvalue weighted by Crippen LogP contribution is 2.48. The summed E-state index contributed by atoms with van der Waals surface area (Å²) in [5, 5.41) is 13.9. The lowest BCUT2D eigenvalue weighted by molar-refractivity contribution is -0.385. The molecule has 0 atom stereocenters. The molecule has 2 aromatic rings. The Morgan fingerprint density at radius 2 is 1.95 bits per heavy atom. The molecule has 1 N–H and O–H groups in total. The summed E-state index contributed by atoms with van der Waals surface area (Å²) in [6, 6.07) is 13.6. The van der Waals surface area contributed by atoms with Gasteiger partial charge in [-0.1, -0.05) is 30.3 Å². The van der Waals surface area contributed by atoms with E-state index in [-0.39, 0.29) is 5.69 Å². The van der Waals surface area contributed by atoms with Crippen LogP contribution in [0.4, 0.5) is 11.5 Å². The standard InChI is InChI=1S/C16H17N3O2/c20-19(21)14-6-7-15(17-11-14)18-12-16(8-9-16)10-13-4-2-1-3-5-13/h1-7,11H,8-10,12H2,(H,17,18). The van der Waals surface area contributed by atoms with Gasteiger partial charge in [0.1, 0.15) is 12.0 Å². The molecular formula is C16H17N3O2. The Balaban J connectivity index is 1.58. The minimum absolute atomic E-state index is 0.0194. The number of nitrogens with one attached hydrogen (secondary N) is 1. The van der Waals surface area contributed by atoms with E-state index in [1.807, 2.05) is 6.07 Å². The number of pyridine rings is 1. The van der Waals surface area contributed by atoms with Crippen LogP contribution in [0.3, 0.4) is 0 Å². The van der Waals surface area contributed by atoms with E-state index in [1.54, 1.807) is 6.07 Å². The van der Waals surface area contributed by atoms with Crippen LogP contribution in [0.1, 0.15) is 18.4 Å². The molecule has 0 bridgehead atoms. The van der Waals surface area contributed by atoms with Gasteiger partial charge in [0.15, 0.2) is 0 Å². The fourth-order valence-corrected chi connectivity index (χ4v) is 2.50. The second kappa shape index (κ2) is 5.52. The topological polar surface area (TPSA) is 68.1 Å². The van der Waals surface area contributed by atoms with E-state index in [2.05, 4.69) is 34.6 Å². The first-order chi connectivity index (χ1) is 10.2. The highest BCUT2D eigenvalue weighted by atomic mass is 16.6. The van der Waals surface area contributed by atoms with E-state index >= 15 is 0 Å². The predicted octanol–water partition coefficient (Wildman–Crippen LogP) is 3.42. The molecule has 1 aliphatic carbocycles. The van der Waals surface area contributed by atoms with Crippen molar-refractivity contribution in [3.63, 3.8) is 0 Å². The van der Waals surface area contributed by atoms with E-state index in [1.165, 1.54) is 30.7 Å². The average molecular weight is 283 g/mol. The van der Waals surface area contributed by atoms with Gasteiger partial charge in [0.05, 0.1) is 4.92 Å². The number of nitro groups is 1. The Bertz CT molecular complexity index is 622. The van der Waals surface area contributed by atoms with Crippen LogP contribution in [-0.4, -0.2) is 16.5 Å². The molecule has 1 aromatic heterocycles. The highest BCUT2D eigenvalue weighted by Gasteiger charge is 2.42. The molecule has 0 radical (unpaired) electrons. The number of hydrogen-bond acceptors (Lipinski definition) is 4. The predicted molar refractivity (Wildman–Crippen MR) is 81.2 cm³/mol. The van der Waals surface area contributed by atoms with Crippen LogP contribution in [0.25, 0.3) is 0 Å². The summed E-state index contributed by atoms with van der Waals surface area (Å²) in [6.45, 7) is 0.854. The summed E-state index contributed by atoms with van der Waals surface area (Å²) in [6.07, 6.45) is 4.77. The van der Waals surface area contributed by atoms with Gasteiger partial charge in [-0.3, -0.25) is 10.1 Å². The van der Waals surface area contributed by atoms with Gasteiger partial charge in [-0.25, -0.2) is 4.98 Å². The maximum absolute atomic E-state index is 10.6. The van der Waals surface area contributed by atoms with Crippen molar-refractivity contribution >= 4 is 11.5 Å². The molecule has 3 rings (SSSR count). The Morgan fingerprint density at radius 1 is 1.19 bits per heavy atom. The molecule has 1 heterocycles. The van der Waals surface area contributed by atoms with Crippen LogP contribution in [0, 0.1) is 15.5 Å². The Hall–Kier alpha value is -2.43. The zero-order valence-corrected chi connectivity index (χ0v) is 11.7. The molecule has 1 fully saturated rings. The molecule has 5 nitrogen and oxygen atoms in total. The molecule has 0 spiro atoms. The molecule has 0 amide bonds. The highest BCUT2D eigenvalue weighted by molar-refractivity contribution is 5.40. The van der Waals surface area contributed by atoms with Crippen molar-refractivity contribution in [2.75, 3.05) is 11.9 Å². The van der Waals surface area contributed by atoms with Gasteiger partial charge >= 0.3 is 0 Å². The summed E-state index contributed by atoms with van der Waals surface area (Å²) in [7, 11) is 0. The molecule has 21 heavy (non-hydrogen) atoms. The van der Waals surface area contributed by atoms with E-state index < -0.39 is 4.92 Å². The molecule has 0 unspecified atom stereocenters. The van der Waals surface area contributed by atoms with Crippen LogP contribution in [0.15, 0.2) is 48.7 Å². The lowest BCUT2D eigenvalue weighted by Gasteiger charge is -2.16. The van der Waals surface area contributed by atoms with Crippen molar-refractivity contribution in [2.24, 2.45) is 5.41 Å². The van der Waals surface area contributed by atoms with Gasteiger partial charge in [0, 0.05) is 12.6 Å². The fraction of sp³-hybridized carbons (Fsp3) is 0.312. The average Bonchev–Trinajstić information content (AvgIpc) is 3.27. The molecule has 5 heteroatoms. The first kappa shape index (κ1) is 13.5. The van der Waals surface area contributed by atoms with Crippen LogP contribution in [-0.2, 0) is 6.42 Å². The first-order valence-corrected chi connectivity index (χ1v) is 7.05. The van der Waals surface area contributed by atoms with Gasteiger partial charge in [-0.05, 0) is 36.3 Å². The maximum atomic E-state index is 10.6. The number of anilines is 1. The number of aromatic nitrogens is 1. The van der Waals surface area contributed by atoms with E-state index in [0.29, 0.717) is 11.2 Å². The van der Waals surface area contributed by atoms with E-state index in [4.69, 9.17) is 0 Å². The third-order valence-corrected chi connectivity index (χ3v) is 3.98. The summed E-state index contributed by atoms with van der Waals surface area (Å²) in [5.41, 5.74) is 1.68. The van der Waals surface area contributed by atoms with E-state index in [9.17, 15) is 10.1 Å². The van der Waals surface area contributed by atoms with Crippen molar-refractivity contribution in [3.8, 4) is 0 Å². The van der Waals surface area contributed by atoms with Gasteiger partial charge in [0.25, 0.3) is 5.69 Å². The monoisotopic (exact) mass is 283 g/mol. The van der Waals surface area contributed by atoms with Crippen molar-refractivity contribution in [3.05, 3.63) is 64.3 Å².